The number of nitrogens with one attached hydrogen (secondary N) is 1. The van der Waals surface area contributed by atoms with Crippen LogP contribution in [0, 0.1) is 5.92 Å². The van der Waals surface area contributed by atoms with Gasteiger partial charge in [-0.1, -0.05) is 12.8 Å². The molecule has 0 amide bonds. The molecule has 0 bridgehead atoms. The van der Waals surface area contributed by atoms with Gasteiger partial charge in [-0.2, -0.15) is 0 Å². The molecular formula is C10H19NO2. The van der Waals surface area contributed by atoms with Gasteiger partial charge in [0.2, 0.25) is 0 Å². The molecule has 13 heavy (non-hydrogen) atoms. The van der Waals surface area contributed by atoms with Gasteiger partial charge in [-0.05, 0) is 26.8 Å². The van der Waals surface area contributed by atoms with E-state index in [2.05, 4.69) is 5.32 Å². The van der Waals surface area contributed by atoms with Crippen LogP contribution >= 0.6 is 0 Å². The first-order chi connectivity index (χ1) is 6.16. The van der Waals surface area contributed by atoms with Crippen LogP contribution in [0.2, 0.25) is 0 Å². The maximum absolute atomic E-state index is 11.0. The van der Waals surface area contributed by atoms with Gasteiger partial charge in [-0.25, -0.2) is 0 Å². The Labute approximate surface area is 79.5 Å². The lowest BCUT2D eigenvalue weighted by Crippen LogP contribution is -2.44. The summed E-state index contributed by atoms with van der Waals surface area (Å²) in [5, 5.41) is 12.8. The van der Waals surface area contributed by atoms with Crippen molar-refractivity contribution in [2.45, 2.75) is 44.8 Å². The van der Waals surface area contributed by atoms with Crippen LogP contribution in [0.4, 0.5) is 0 Å². The Morgan fingerprint density at radius 1 is 1.46 bits per heavy atom. The van der Waals surface area contributed by atoms with E-state index in [4.69, 9.17) is 0 Å². The van der Waals surface area contributed by atoms with Crippen LogP contribution < -0.4 is 5.32 Å². The molecule has 1 rings (SSSR count). The van der Waals surface area contributed by atoms with Crippen LogP contribution in [-0.2, 0) is 4.79 Å². The Balaban J connectivity index is 2.58. The van der Waals surface area contributed by atoms with Crippen LogP contribution in [0.25, 0.3) is 0 Å². The Morgan fingerprint density at radius 2 is 2.08 bits per heavy atom. The molecule has 1 aliphatic carbocycles. The van der Waals surface area contributed by atoms with E-state index in [1.165, 1.54) is 13.3 Å². The third-order valence-electron chi connectivity index (χ3n) is 3.01. The number of Topliss-reactive ketones (excluding diaryl/α,β-unsaturated/α-hetero) is 1. The van der Waals surface area contributed by atoms with Crippen molar-refractivity contribution in [2.75, 3.05) is 7.05 Å². The maximum atomic E-state index is 11.0. The topological polar surface area (TPSA) is 49.3 Å². The number of ketones is 1. The van der Waals surface area contributed by atoms with Crippen LogP contribution in [0.3, 0.4) is 0 Å². The zero-order chi connectivity index (χ0) is 9.84. The molecule has 3 nitrogen and oxygen atoms in total. The quantitative estimate of drug-likeness (QED) is 0.681. The molecule has 0 aromatic rings. The summed E-state index contributed by atoms with van der Waals surface area (Å²) in [6, 6.07) is 0.313. The van der Waals surface area contributed by atoms with Crippen LogP contribution in [-0.4, -0.2) is 30.1 Å². The van der Waals surface area contributed by atoms with Crippen molar-refractivity contribution in [2.24, 2.45) is 5.92 Å². The molecule has 3 atom stereocenters. The SMILES string of the molecule is CNC1CCCCC1C(O)C(C)=O. The number of hydrogen-bond acceptors (Lipinski definition) is 3. The minimum atomic E-state index is -0.766. The summed E-state index contributed by atoms with van der Waals surface area (Å²) in [5.74, 6) is 0.0170. The van der Waals surface area contributed by atoms with Crippen molar-refractivity contribution in [3.05, 3.63) is 0 Å². The molecule has 1 fully saturated rings. The molecule has 0 aromatic heterocycles. The van der Waals surface area contributed by atoms with Crippen molar-refractivity contribution in [1.29, 1.82) is 0 Å². The average molecular weight is 185 g/mol. The average Bonchev–Trinajstić information content (AvgIpc) is 2.16. The minimum absolute atomic E-state index is 0.104. The summed E-state index contributed by atoms with van der Waals surface area (Å²) in [7, 11) is 1.90. The smallest absolute Gasteiger partial charge is 0.158 e. The predicted molar refractivity (Wildman–Crippen MR) is 51.5 cm³/mol. The molecule has 1 aliphatic rings. The van der Waals surface area contributed by atoms with Crippen molar-refractivity contribution in [3.63, 3.8) is 0 Å². The van der Waals surface area contributed by atoms with Gasteiger partial charge in [0.05, 0.1) is 0 Å². The van der Waals surface area contributed by atoms with Gasteiger partial charge in [0.15, 0.2) is 5.78 Å². The Bertz CT molecular complexity index is 182. The minimum Gasteiger partial charge on any atom is -0.385 e. The highest BCUT2D eigenvalue weighted by Crippen LogP contribution is 2.27. The standard InChI is InChI=1S/C10H19NO2/c1-7(12)10(13)8-5-3-4-6-9(8)11-2/h8-11,13H,3-6H2,1-2H3. The number of hydrogen-bond donors (Lipinski definition) is 2. The molecule has 76 valence electrons. The first kappa shape index (κ1) is 10.7. The largest absolute Gasteiger partial charge is 0.385 e. The zero-order valence-electron chi connectivity index (χ0n) is 8.42. The number of aliphatic hydroxyl groups is 1. The molecule has 3 heteroatoms. The van der Waals surface area contributed by atoms with Gasteiger partial charge in [-0.3, -0.25) is 4.79 Å². The van der Waals surface area contributed by atoms with E-state index in [1.807, 2.05) is 7.05 Å². The van der Waals surface area contributed by atoms with E-state index in [1.54, 1.807) is 0 Å². The molecule has 3 unspecified atom stereocenters. The second kappa shape index (κ2) is 4.72. The third kappa shape index (κ3) is 2.51. The molecule has 0 aliphatic heterocycles. The lowest BCUT2D eigenvalue weighted by molar-refractivity contribution is -0.128. The second-order valence-electron chi connectivity index (χ2n) is 3.90. The number of carbonyl (C=O) groups excluding carboxylic acids is 1. The Kier molecular flexibility index (Phi) is 3.88. The maximum Gasteiger partial charge on any atom is 0.158 e. The van der Waals surface area contributed by atoms with Crippen LogP contribution in [0.1, 0.15) is 32.6 Å². The summed E-state index contributed by atoms with van der Waals surface area (Å²) < 4.78 is 0. The molecule has 0 saturated heterocycles. The summed E-state index contributed by atoms with van der Waals surface area (Å²) in [6.07, 6.45) is 3.61. The number of carbonyl (C=O) groups is 1. The highest BCUT2D eigenvalue weighted by molar-refractivity contribution is 5.80. The Hall–Kier alpha value is -0.410. The fourth-order valence-corrected chi connectivity index (χ4v) is 2.20. The monoisotopic (exact) mass is 185 g/mol. The second-order valence-corrected chi connectivity index (χ2v) is 3.90. The van der Waals surface area contributed by atoms with E-state index in [9.17, 15) is 9.90 Å². The van der Waals surface area contributed by atoms with E-state index in [0.717, 1.165) is 19.3 Å². The first-order valence-electron chi connectivity index (χ1n) is 5.02. The molecule has 0 radical (unpaired) electrons. The summed E-state index contributed by atoms with van der Waals surface area (Å²) in [6.45, 7) is 1.46. The zero-order valence-corrected chi connectivity index (χ0v) is 8.42. The lowest BCUT2D eigenvalue weighted by Gasteiger charge is -2.33. The molecule has 0 aromatic carbocycles. The number of rotatable bonds is 3. The van der Waals surface area contributed by atoms with Crippen molar-refractivity contribution >= 4 is 5.78 Å². The van der Waals surface area contributed by atoms with Gasteiger partial charge in [0.1, 0.15) is 6.10 Å². The van der Waals surface area contributed by atoms with Gasteiger partial charge in [-0.15, -0.1) is 0 Å². The summed E-state index contributed by atoms with van der Waals surface area (Å²) in [4.78, 5) is 11.0. The van der Waals surface area contributed by atoms with E-state index >= 15 is 0 Å². The van der Waals surface area contributed by atoms with Gasteiger partial charge in [0.25, 0.3) is 0 Å². The highest BCUT2D eigenvalue weighted by Gasteiger charge is 2.31. The van der Waals surface area contributed by atoms with Gasteiger partial charge in [0, 0.05) is 12.0 Å². The van der Waals surface area contributed by atoms with Gasteiger partial charge < -0.3 is 10.4 Å². The molecule has 2 N–H and O–H groups in total. The van der Waals surface area contributed by atoms with E-state index in [0.29, 0.717) is 6.04 Å². The van der Waals surface area contributed by atoms with Gasteiger partial charge >= 0.3 is 0 Å². The van der Waals surface area contributed by atoms with Crippen molar-refractivity contribution in [3.8, 4) is 0 Å². The third-order valence-corrected chi connectivity index (χ3v) is 3.01. The lowest BCUT2D eigenvalue weighted by atomic mass is 9.80. The fraction of sp³-hybridized carbons (Fsp3) is 0.900. The van der Waals surface area contributed by atoms with E-state index < -0.39 is 6.10 Å². The van der Waals surface area contributed by atoms with E-state index in [-0.39, 0.29) is 11.7 Å². The van der Waals surface area contributed by atoms with Crippen molar-refractivity contribution in [1.82, 2.24) is 5.32 Å². The number of aliphatic hydroxyl groups excluding tert-OH is 1. The van der Waals surface area contributed by atoms with Crippen molar-refractivity contribution < 1.29 is 9.90 Å². The molecule has 0 spiro atoms. The highest BCUT2D eigenvalue weighted by atomic mass is 16.3. The normalized spacial score (nSPS) is 31.3. The molecular weight excluding hydrogens is 166 g/mol. The molecule has 1 saturated carbocycles. The first-order valence-corrected chi connectivity index (χ1v) is 5.02. The fourth-order valence-electron chi connectivity index (χ4n) is 2.20. The summed E-state index contributed by atoms with van der Waals surface area (Å²) in [5.41, 5.74) is 0. The molecule has 0 heterocycles. The van der Waals surface area contributed by atoms with Crippen LogP contribution in [0.15, 0.2) is 0 Å². The Morgan fingerprint density at radius 3 is 2.62 bits per heavy atom. The predicted octanol–water partition coefficient (Wildman–Crippen LogP) is 0.714. The van der Waals surface area contributed by atoms with Crippen LogP contribution in [0.5, 0.6) is 0 Å². The summed E-state index contributed by atoms with van der Waals surface area (Å²) >= 11 is 0.